The molecule has 0 aliphatic carbocycles. The van der Waals surface area contributed by atoms with E-state index in [1.165, 1.54) is 0 Å². The van der Waals surface area contributed by atoms with Crippen molar-refractivity contribution in [1.82, 2.24) is 14.9 Å². The molecule has 0 aromatic carbocycles. The van der Waals surface area contributed by atoms with Gasteiger partial charge in [-0.3, -0.25) is 0 Å². The minimum Gasteiger partial charge on any atom is -0.393 e. The fourth-order valence-electron chi connectivity index (χ4n) is 3.26. The molecule has 7 nitrogen and oxygen atoms in total. The van der Waals surface area contributed by atoms with Gasteiger partial charge in [0.05, 0.1) is 18.4 Å². The molecule has 0 amide bonds. The quantitative estimate of drug-likeness (QED) is 0.769. The number of anilines is 1. The molecular weight excluding hydrogens is 308 g/mol. The van der Waals surface area contributed by atoms with Crippen LogP contribution >= 0.6 is 0 Å². The van der Waals surface area contributed by atoms with Crippen molar-refractivity contribution >= 4 is 5.82 Å². The molecule has 7 heteroatoms. The van der Waals surface area contributed by atoms with Gasteiger partial charge >= 0.3 is 0 Å². The first-order valence-electron chi connectivity index (χ1n) is 8.83. The predicted molar refractivity (Wildman–Crippen MR) is 91.1 cm³/mol. The smallest absolute Gasteiger partial charge is 0.156 e. The highest BCUT2D eigenvalue weighted by Crippen LogP contribution is 2.25. The van der Waals surface area contributed by atoms with Crippen molar-refractivity contribution in [3.63, 3.8) is 0 Å². The number of nitrogens with zero attached hydrogens (tertiary/aromatic N) is 3. The van der Waals surface area contributed by atoms with Crippen molar-refractivity contribution in [2.45, 2.75) is 37.9 Å². The van der Waals surface area contributed by atoms with E-state index >= 15 is 0 Å². The zero-order valence-corrected chi connectivity index (χ0v) is 14.4. The van der Waals surface area contributed by atoms with Crippen LogP contribution in [0.5, 0.6) is 0 Å². The van der Waals surface area contributed by atoms with Gasteiger partial charge in [0.1, 0.15) is 12.4 Å². The molecule has 3 rings (SSSR count). The summed E-state index contributed by atoms with van der Waals surface area (Å²) in [6.45, 7) is 5.67. The summed E-state index contributed by atoms with van der Waals surface area (Å²) < 4.78 is 10.7. The molecule has 134 valence electrons. The second-order valence-corrected chi connectivity index (χ2v) is 6.59. The molecular formula is C17H28N4O3. The lowest BCUT2D eigenvalue weighted by Crippen LogP contribution is -2.38. The fourth-order valence-corrected chi connectivity index (χ4v) is 3.26. The molecule has 24 heavy (non-hydrogen) atoms. The Hall–Kier alpha value is -1.28. The maximum atomic E-state index is 9.56. The molecule has 1 aromatic heterocycles. The van der Waals surface area contributed by atoms with Gasteiger partial charge < -0.3 is 24.8 Å². The number of aliphatic hydroxyl groups is 1. The summed E-state index contributed by atoms with van der Waals surface area (Å²) in [6, 6.07) is 2.04. The summed E-state index contributed by atoms with van der Waals surface area (Å²) >= 11 is 0. The highest BCUT2D eigenvalue weighted by atomic mass is 16.5. The van der Waals surface area contributed by atoms with E-state index in [1.807, 2.05) is 6.07 Å². The molecule has 2 aliphatic rings. The van der Waals surface area contributed by atoms with Gasteiger partial charge in [0.2, 0.25) is 0 Å². The van der Waals surface area contributed by atoms with E-state index in [4.69, 9.17) is 9.47 Å². The maximum absolute atomic E-state index is 9.56. The first-order chi connectivity index (χ1) is 11.7. The predicted octanol–water partition coefficient (Wildman–Crippen LogP) is 0.995. The molecule has 2 saturated heterocycles. The third-order valence-electron chi connectivity index (χ3n) is 4.70. The zero-order valence-electron chi connectivity index (χ0n) is 14.4. The Balaban J connectivity index is 1.57. The summed E-state index contributed by atoms with van der Waals surface area (Å²) in [5.74, 6) is 1.93. The molecule has 0 saturated carbocycles. The Bertz CT molecular complexity index is 515. The van der Waals surface area contributed by atoms with E-state index < -0.39 is 0 Å². The average Bonchev–Trinajstić information content (AvgIpc) is 3.11. The monoisotopic (exact) mass is 336 g/mol. The average molecular weight is 336 g/mol. The Morgan fingerprint density at radius 2 is 2.17 bits per heavy atom. The number of piperidine rings is 1. The Morgan fingerprint density at radius 3 is 2.88 bits per heavy atom. The Labute approximate surface area is 143 Å². The van der Waals surface area contributed by atoms with E-state index in [1.54, 1.807) is 7.11 Å². The van der Waals surface area contributed by atoms with Gasteiger partial charge in [-0.2, -0.15) is 0 Å². The van der Waals surface area contributed by atoms with Gasteiger partial charge in [-0.25, -0.2) is 9.97 Å². The van der Waals surface area contributed by atoms with Gasteiger partial charge in [-0.15, -0.1) is 0 Å². The van der Waals surface area contributed by atoms with Gasteiger partial charge in [0, 0.05) is 51.9 Å². The molecule has 0 spiro atoms. The van der Waals surface area contributed by atoms with Crippen LogP contribution in [0, 0.1) is 0 Å². The van der Waals surface area contributed by atoms with Crippen molar-refractivity contribution < 1.29 is 14.6 Å². The van der Waals surface area contributed by atoms with Crippen LogP contribution in [0.25, 0.3) is 0 Å². The van der Waals surface area contributed by atoms with Crippen LogP contribution in [0.3, 0.4) is 0 Å². The molecule has 3 heterocycles. The van der Waals surface area contributed by atoms with Gasteiger partial charge in [-0.1, -0.05) is 0 Å². The SMILES string of the molecule is COCc1nc(NCCN2CCC(O)CC2)cc([C@@H]2CCOC2)n1. The van der Waals surface area contributed by atoms with Crippen LogP contribution in [0.15, 0.2) is 6.07 Å². The van der Waals surface area contributed by atoms with Crippen molar-refractivity contribution in [2.75, 3.05) is 51.8 Å². The number of ether oxygens (including phenoxy) is 2. The molecule has 0 unspecified atom stereocenters. The number of aromatic nitrogens is 2. The van der Waals surface area contributed by atoms with E-state index in [0.29, 0.717) is 18.3 Å². The van der Waals surface area contributed by atoms with Crippen molar-refractivity contribution in [2.24, 2.45) is 0 Å². The third kappa shape index (κ3) is 4.86. The largest absolute Gasteiger partial charge is 0.393 e. The number of hydrogen-bond donors (Lipinski definition) is 2. The molecule has 2 fully saturated rings. The third-order valence-corrected chi connectivity index (χ3v) is 4.70. The van der Waals surface area contributed by atoms with Crippen LogP contribution in [0.1, 0.15) is 36.7 Å². The Kier molecular flexibility index (Phi) is 6.37. The minimum atomic E-state index is -0.121. The van der Waals surface area contributed by atoms with Crippen LogP contribution in [-0.2, 0) is 16.1 Å². The van der Waals surface area contributed by atoms with Gasteiger partial charge in [0.25, 0.3) is 0 Å². The molecule has 1 aromatic rings. The van der Waals surface area contributed by atoms with Crippen LogP contribution < -0.4 is 5.32 Å². The number of aliphatic hydroxyl groups excluding tert-OH is 1. The second kappa shape index (κ2) is 8.71. The summed E-state index contributed by atoms with van der Waals surface area (Å²) in [5.41, 5.74) is 1.04. The molecule has 0 radical (unpaired) electrons. The van der Waals surface area contributed by atoms with Crippen molar-refractivity contribution in [3.05, 3.63) is 17.6 Å². The molecule has 2 N–H and O–H groups in total. The highest BCUT2D eigenvalue weighted by Gasteiger charge is 2.21. The first-order valence-corrected chi connectivity index (χ1v) is 8.83. The topological polar surface area (TPSA) is 79.7 Å². The van der Waals surface area contributed by atoms with Crippen LogP contribution in [0.2, 0.25) is 0 Å². The zero-order chi connectivity index (χ0) is 16.8. The standard InChI is InChI=1S/C17H28N4O3/c1-23-12-17-19-15(13-4-9-24-11-13)10-16(20-17)18-5-8-21-6-2-14(22)3-7-21/h10,13-14,22H,2-9,11-12H2,1H3,(H,18,19,20)/t13-/m1/s1. The van der Waals surface area contributed by atoms with Crippen molar-refractivity contribution in [3.8, 4) is 0 Å². The highest BCUT2D eigenvalue weighted by molar-refractivity contribution is 5.37. The molecule has 1 atom stereocenters. The fraction of sp³-hybridized carbons (Fsp3) is 0.765. The molecule has 0 bridgehead atoms. The lowest BCUT2D eigenvalue weighted by molar-refractivity contribution is 0.0845. The lowest BCUT2D eigenvalue weighted by Gasteiger charge is -2.29. The van der Waals surface area contributed by atoms with Crippen LogP contribution in [0.4, 0.5) is 5.82 Å². The Morgan fingerprint density at radius 1 is 1.33 bits per heavy atom. The summed E-state index contributed by atoms with van der Waals surface area (Å²) in [5, 5.41) is 13.0. The number of nitrogens with one attached hydrogen (secondary N) is 1. The molecule has 2 aliphatic heterocycles. The van der Waals surface area contributed by atoms with E-state index in [-0.39, 0.29) is 6.10 Å². The summed E-state index contributed by atoms with van der Waals surface area (Å²) in [6.07, 6.45) is 2.64. The van der Waals surface area contributed by atoms with Crippen molar-refractivity contribution in [1.29, 1.82) is 0 Å². The first kappa shape index (κ1) is 17.5. The maximum Gasteiger partial charge on any atom is 0.156 e. The minimum absolute atomic E-state index is 0.121. The number of methoxy groups -OCH3 is 1. The van der Waals surface area contributed by atoms with Crippen LogP contribution in [-0.4, -0.2) is 72.6 Å². The van der Waals surface area contributed by atoms with E-state index in [2.05, 4.69) is 20.2 Å². The summed E-state index contributed by atoms with van der Waals surface area (Å²) in [4.78, 5) is 11.5. The summed E-state index contributed by atoms with van der Waals surface area (Å²) in [7, 11) is 1.66. The number of likely N-dealkylation sites (tertiary alicyclic amines) is 1. The van der Waals surface area contributed by atoms with E-state index in [9.17, 15) is 5.11 Å². The second-order valence-electron chi connectivity index (χ2n) is 6.59. The number of hydrogen-bond acceptors (Lipinski definition) is 7. The number of rotatable bonds is 7. The van der Waals surface area contributed by atoms with Gasteiger partial charge in [-0.05, 0) is 19.3 Å². The normalized spacial score (nSPS) is 22.8. The van der Waals surface area contributed by atoms with E-state index in [0.717, 1.165) is 70.2 Å². The van der Waals surface area contributed by atoms with Gasteiger partial charge in [0.15, 0.2) is 5.82 Å². The lowest BCUT2D eigenvalue weighted by atomic mass is 10.0.